The van der Waals surface area contributed by atoms with Gasteiger partial charge in [-0.2, -0.15) is 0 Å². The van der Waals surface area contributed by atoms with Crippen LogP contribution in [0.1, 0.15) is 5.69 Å². The van der Waals surface area contributed by atoms with Crippen molar-refractivity contribution in [3.8, 4) is 23.0 Å². The molecule has 7 heteroatoms. The van der Waals surface area contributed by atoms with E-state index in [1.54, 1.807) is 30.4 Å². The van der Waals surface area contributed by atoms with Crippen LogP contribution < -0.4 is 4.74 Å². The van der Waals surface area contributed by atoms with E-state index >= 15 is 0 Å². The molecule has 146 valence electrons. The smallest absolute Gasteiger partial charge is 0.157 e. The van der Waals surface area contributed by atoms with Gasteiger partial charge in [-0.1, -0.05) is 17.8 Å². The Bertz CT molecular complexity index is 1290. The average Bonchev–Trinajstić information content (AvgIpc) is 3.21. The Hall–Kier alpha value is -3.71. The third kappa shape index (κ3) is 3.88. The van der Waals surface area contributed by atoms with Crippen molar-refractivity contribution >= 4 is 22.8 Å². The minimum atomic E-state index is 0.653. The highest BCUT2D eigenvalue weighted by atomic mass is 32.2. The van der Waals surface area contributed by atoms with Crippen LogP contribution in [0.2, 0.25) is 0 Å². The minimum Gasteiger partial charge on any atom is -0.453 e. The molecule has 0 saturated heterocycles. The van der Waals surface area contributed by atoms with Gasteiger partial charge in [0.15, 0.2) is 11.6 Å². The molecule has 0 amide bonds. The van der Waals surface area contributed by atoms with Gasteiger partial charge in [-0.25, -0.2) is 4.98 Å². The van der Waals surface area contributed by atoms with Gasteiger partial charge in [-0.05, 0) is 55.5 Å². The summed E-state index contributed by atoms with van der Waals surface area (Å²) in [6, 6.07) is 17.6. The van der Waals surface area contributed by atoms with Crippen LogP contribution in [0, 0.1) is 6.92 Å². The molecule has 0 radical (unpaired) electrons. The third-order valence-electron chi connectivity index (χ3n) is 4.41. The number of pyridine rings is 3. The quantitative estimate of drug-likeness (QED) is 0.402. The second kappa shape index (κ2) is 7.96. The highest BCUT2D eigenvalue weighted by Gasteiger charge is 2.14. The summed E-state index contributed by atoms with van der Waals surface area (Å²) in [5.74, 6) is 2.00. The van der Waals surface area contributed by atoms with Gasteiger partial charge in [0, 0.05) is 34.1 Å². The summed E-state index contributed by atoms with van der Waals surface area (Å²) in [4.78, 5) is 23.1. The first-order valence-corrected chi connectivity index (χ1v) is 10.2. The molecule has 1 aromatic carbocycles. The number of aromatic amines is 1. The molecular weight excluding hydrogens is 394 g/mol. The van der Waals surface area contributed by atoms with Gasteiger partial charge in [0.05, 0.1) is 11.7 Å². The monoisotopic (exact) mass is 411 g/mol. The second-order valence-electron chi connectivity index (χ2n) is 6.65. The fourth-order valence-corrected chi connectivity index (χ4v) is 3.86. The van der Waals surface area contributed by atoms with E-state index in [1.807, 2.05) is 55.6 Å². The summed E-state index contributed by atoms with van der Waals surface area (Å²) < 4.78 is 6.14. The second-order valence-corrected chi connectivity index (χ2v) is 7.79. The number of nitrogens with one attached hydrogen (secondary N) is 1. The molecule has 5 aromatic rings. The zero-order chi connectivity index (χ0) is 20.3. The Balaban J connectivity index is 1.59. The topological polar surface area (TPSA) is 76.6 Å². The van der Waals surface area contributed by atoms with Crippen LogP contribution in [0.15, 0.2) is 89.2 Å². The lowest BCUT2D eigenvalue weighted by Crippen LogP contribution is -1.88. The first kappa shape index (κ1) is 18.3. The van der Waals surface area contributed by atoms with Gasteiger partial charge in [0.2, 0.25) is 0 Å². The number of aryl methyl sites for hydroxylation is 1. The van der Waals surface area contributed by atoms with E-state index in [9.17, 15) is 0 Å². The van der Waals surface area contributed by atoms with Crippen LogP contribution in [-0.2, 0) is 0 Å². The number of ether oxygens (including phenoxy) is 1. The highest BCUT2D eigenvalue weighted by molar-refractivity contribution is 7.99. The Morgan fingerprint density at radius 2 is 1.87 bits per heavy atom. The predicted molar refractivity (Wildman–Crippen MR) is 117 cm³/mol. The molecule has 1 N–H and O–H groups in total. The lowest BCUT2D eigenvalue weighted by atomic mass is 10.3. The van der Waals surface area contributed by atoms with E-state index in [2.05, 4.69) is 32.1 Å². The summed E-state index contributed by atoms with van der Waals surface area (Å²) in [7, 11) is 0. The number of hydrogen-bond acceptors (Lipinski definition) is 6. The van der Waals surface area contributed by atoms with E-state index in [1.165, 1.54) is 0 Å². The van der Waals surface area contributed by atoms with E-state index in [0.717, 1.165) is 32.2 Å². The van der Waals surface area contributed by atoms with Crippen molar-refractivity contribution in [2.75, 3.05) is 0 Å². The molecule has 4 heterocycles. The highest BCUT2D eigenvalue weighted by Crippen LogP contribution is 2.37. The molecule has 0 aliphatic heterocycles. The summed E-state index contributed by atoms with van der Waals surface area (Å²) in [5.41, 5.74) is 3.38. The maximum atomic E-state index is 6.14. The Kier molecular flexibility index (Phi) is 4.86. The number of benzene rings is 1. The van der Waals surface area contributed by atoms with Crippen molar-refractivity contribution < 1.29 is 4.74 Å². The number of imidazole rings is 1. The first-order valence-electron chi connectivity index (χ1n) is 9.38. The summed E-state index contributed by atoms with van der Waals surface area (Å²) in [5, 5.41) is 0. The number of rotatable bonds is 5. The molecule has 0 bridgehead atoms. The van der Waals surface area contributed by atoms with Gasteiger partial charge in [-0.15, -0.1) is 0 Å². The molecule has 0 aliphatic rings. The van der Waals surface area contributed by atoms with Crippen LogP contribution in [0.5, 0.6) is 11.5 Å². The molecule has 0 saturated carbocycles. The van der Waals surface area contributed by atoms with Gasteiger partial charge in [-0.3, -0.25) is 15.0 Å². The van der Waals surface area contributed by atoms with Crippen molar-refractivity contribution in [3.05, 3.63) is 85.1 Å². The molecule has 5 rings (SSSR count). The maximum Gasteiger partial charge on any atom is 0.157 e. The van der Waals surface area contributed by atoms with E-state index in [-0.39, 0.29) is 0 Å². The Labute approximate surface area is 177 Å². The Morgan fingerprint density at radius 1 is 0.900 bits per heavy atom. The summed E-state index contributed by atoms with van der Waals surface area (Å²) >= 11 is 1.62. The van der Waals surface area contributed by atoms with E-state index in [4.69, 9.17) is 9.72 Å². The largest absolute Gasteiger partial charge is 0.453 e. The predicted octanol–water partition coefficient (Wildman–Crippen LogP) is 5.67. The molecule has 0 unspecified atom stereocenters. The zero-order valence-corrected chi connectivity index (χ0v) is 16.9. The fourth-order valence-electron chi connectivity index (χ4n) is 3.01. The van der Waals surface area contributed by atoms with Crippen molar-refractivity contribution in [1.29, 1.82) is 0 Å². The van der Waals surface area contributed by atoms with E-state index < -0.39 is 0 Å². The third-order valence-corrected chi connectivity index (χ3v) is 5.36. The van der Waals surface area contributed by atoms with Crippen LogP contribution in [0.25, 0.3) is 22.6 Å². The Morgan fingerprint density at radius 3 is 2.63 bits per heavy atom. The van der Waals surface area contributed by atoms with Crippen LogP contribution in [-0.4, -0.2) is 24.9 Å². The standard InChI is InChI=1S/C23H17N5OS/c1-15-7-8-17(14-26-15)30-18-11-20-22(21(12-18)29-16-5-4-9-24-13-16)28-23(27-20)19-6-2-3-10-25-19/h2-14H,1H3,(H,27,28). The molecular formula is C23H17N5OS. The fraction of sp³-hybridized carbons (Fsp3) is 0.0435. The van der Waals surface area contributed by atoms with Crippen molar-refractivity contribution in [2.45, 2.75) is 16.7 Å². The van der Waals surface area contributed by atoms with Gasteiger partial charge >= 0.3 is 0 Å². The van der Waals surface area contributed by atoms with Crippen LogP contribution in [0.4, 0.5) is 0 Å². The normalized spacial score (nSPS) is 11.0. The molecule has 0 fully saturated rings. The average molecular weight is 411 g/mol. The number of nitrogens with zero attached hydrogens (tertiary/aromatic N) is 4. The van der Waals surface area contributed by atoms with Crippen LogP contribution in [0.3, 0.4) is 0 Å². The number of fused-ring (bicyclic) bond motifs is 1. The van der Waals surface area contributed by atoms with Gasteiger partial charge in [0.25, 0.3) is 0 Å². The van der Waals surface area contributed by atoms with Gasteiger partial charge in [0.1, 0.15) is 17.0 Å². The SMILES string of the molecule is Cc1ccc(Sc2cc(Oc3cccnc3)c3nc(-c4ccccn4)[nH]c3c2)cn1. The maximum absolute atomic E-state index is 6.14. The zero-order valence-electron chi connectivity index (χ0n) is 16.1. The number of aromatic nitrogens is 5. The molecule has 4 aromatic heterocycles. The van der Waals surface area contributed by atoms with Crippen molar-refractivity contribution in [1.82, 2.24) is 24.9 Å². The lowest BCUT2D eigenvalue weighted by Gasteiger charge is -2.08. The molecule has 0 atom stereocenters. The number of H-pyrrole nitrogens is 1. The van der Waals surface area contributed by atoms with Crippen LogP contribution >= 0.6 is 11.8 Å². The van der Waals surface area contributed by atoms with E-state index in [0.29, 0.717) is 17.3 Å². The molecule has 0 spiro atoms. The molecule has 6 nitrogen and oxygen atoms in total. The lowest BCUT2D eigenvalue weighted by molar-refractivity contribution is 0.483. The van der Waals surface area contributed by atoms with Crippen molar-refractivity contribution in [3.63, 3.8) is 0 Å². The first-order chi connectivity index (χ1) is 14.7. The molecule has 0 aliphatic carbocycles. The summed E-state index contributed by atoms with van der Waals surface area (Å²) in [6.45, 7) is 1.98. The summed E-state index contributed by atoms with van der Waals surface area (Å²) in [6.07, 6.45) is 7.02. The van der Waals surface area contributed by atoms with Crippen molar-refractivity contribution in [2.24, 2.45) is 0 Å². The van der Waals surface area contributed by atoms with Gasteiger partial charge < -0.3 is 9.72 Å². The molecule has 30 heavy (non-hydrogen) atoms. The minimum absolute atomic E-state index is 0.653. The number of hydrogen-bond donors (Lipinski definition) is 1.